The predicted molar refractivity (Wildman–Crippen MR) is 144 cm³/mol. The molecule has 2 aromatic carbocycles. The molecular formula is C23H28ClN7O3S2. The average Bonchev–Trinajstić information content (AvgIpc) is 3.20. The normalized spacial score (nSPS) is 21.8. The molecule has 2 heterocycles. The first-order valence-electron chi connectivity index (χ1n) is 11.3. The third-order valence-electron chi connectivity index (χ3n) is 6.07. The van der Waals surface area contributed by atoms with Gasteiger partial charge in [-0.15, -0.1) is 0 Å². The van der Waals surface area contributed by atoms with Crippen molar-refractivity contribution in [2.75, 3.05) is 17.2 Å². The van der Waals surface area contributed by atoms with Gasteiger partial charge in [0, 0.05) is 17.6 Å². The molecule has 2 aliphatic rings. The zero-order valence-corrected chi connectivity index (χ0v) is 22.2. The number of hydrogen-bond donors (Lipinski definition) is 5. The van der Waals surface area contributed by atoms with Crippen LogP contribution in [0.4, 0.5) is 5.69 Å². The van der Waals surface area contributed by atoms with E-state index in [0.29, 0.717) is 29.0 Å². The quantitative estimate of drug-likeness (QED) is 0.354. The van der Waals surface area contributed by atoms with Crippen LogP contribution in [-0.2, 0) is 21.2 Å². The number of halogens is 1. The summed E-state index contributed by atoms with van der Waals surface area (Å²) in [6.07, 6.45) is 0.244. The summed E-state index contributed by atoms with van der Waals surface area (Å²) in [6, 6.07) is 11.9. The second-order valence-electron chi connectivity index (χ2n) is 8.69. The van der Waals surface area contributed by atoms with E-state index in [2.05, 4.69) is 16.2 Å². The number of amides is 1. The maximum Gasteiger partial charge on any atom is 0.238 e. The molecule has 0 aromatic heterocycles. The molecule has 36 heavy (non-hydrogen) atoms. The van der Waals surface area contributed by atoms with Crippen molar-refractivity contribution in [1.82, 2.24) is 16.2 Å². The number of anilines is 1. The molecule has 4 rings (SSSR count). The number of hydrazine groups is 1. The number of aliphatic imine (C=N–C) groups is 1. The second-order valence-corrected chi connectivity index (χ2v) is 11.6. The lowest BCUT2D eigenvalue weighted by atomic mass is 9.97. The summed E-state index contributed by atoms with van der Waals surface area (Å²) in [5, 5.41) is 18.0. The number of nitrogens with two attached hydrogens (primary N) is 1. The molecule has 3 unspecified atom stereocenters. The summed E-state index contributed by atoms with van der Waals surface area (Å²) in [6.45, 7) is 4.30. The monoisotopic (exact) mass is 549 g/mol. The Hall–Kier alpha value is -2.48. The number of thioether (sulfide) groups is 1. The maximum absolute atomic E-state index is 12.6. The van der Waals surface area contributed by atoms with Crippen LogP contribution in [-0.4, -0.2) is 49.8 Å². The minimum absolute atomic E-state index is 0.0172. The number of aryl methyl sites for hydroxylation is 1. The van der Waals surface area contributed by atoms with Crippen molar-refractivity contribution in [3.8, 4) is 0 Å². The van der Waals surface area contributed by atoms with E-state index in [1.54, 1.807) is 17.0 Å². The largest absolute Gasteiger partial charge is 0.355 e. The molecule has 2 aliphatic heterocycles. The minimum atomic E-state index is -3.73. The Balaban J connectivity index is 1.40. The molecule has 0 spiro atoms. The van der Waals surface area contributed by atoms with E-state index in [4.69, 9.17) is 27.1 Å². The van der Waals surface area contributed by atoms with Crippen molar-refractivity contribution in [2.24, 2.45) is 16.0 Å². The SMILES string of the molecule is Cc1ccc(N2C(=N)C3C(C)NNC3N=C2SCC(=O)NCCc2ccc(S(N)(=O)=O)cc2)cc1Cl. The molecule has 192 valence electrons. The number of hydrogen-bond acceptors (Lipinski definition) is 8. The van der Waals surface area contributed by atoms with Crippen LogP contribution >= 0.6 is 23.4 Å². The first-order chi connectivity index (χ1) is 17.0. The topological polar surface area (TPSA) is 153 Å². The van der Waals surface area contributed by atoms with E-state index in [0.717, 1.165) is 16.8 Å². The number of rotatable bonds is 7. The molecule has 13 heteroatoms. The molecule has 6 N–H and O–H groups in total. The van der Waals surface area contributed by atoms with Crippen molar-refractivity contribution in [1.29, 1.82) is 5.41 Å². The van der Waals surface area contributed by atoms with E-state index in [1.807, 2.05) is 32.0 Å². The smallest absolute Gasteiger partial charge is 0.238 e. The van der Waals surface area contributed by atoms with Crippen molar-refractivity contribution < 1.29 is 13.2 Å². The molecule has 0 radical (unpaired) electrons. The van der Waals surface area contributed by atoms with E-state index in [1.165, 1.54) is 23.9 Å². The number of primary sulfonamides is 1. The zero-order chi connectivity index (χ0) is 26.0. The van der Waals surface area contributed by atoms with Crippen LogP contribution in [0.3, 0.4) is 0 Å². The van der Waals surface area contributed by atoms with E-state index in [9.17, 15) is 13.2 Å². The van der Waals surface area contributed by atoms with Crippen LogP contribution in [0.1, 0.15) is 18.1 Å². The van der Waals surface area contributed by atoms with E-state index in [-0.39, 0.29) is 34.7 Å². The third-order valence-corrected chi connectivity index (χ3v) is 8.36. The van der Waals surface area contributed by atoms with Gasteiger partial charge in [0.25, 0.3) is 0 Å². The lowest BCUT2D eigenvalue weighted by Gasteiger charge is -2.36. The number of sulfonamides is 1. The molecule has 0 saturated carbocycles. The lowest BCUT2D eigenvalue weighted by Crippen LogP contribution is -2.50. The summed E-state index contributed by atoms with van der Waals surface area (Å²) >= 11 is 7.62. The summed E-state index contributed by atoms with van der Waals surface area (Å²) in [4.78, 5) is 19.2. The first-order valence-corrected chi connectivity index (χ1v) is 14.2. The van der Waals surface area contributed by atoms with Crippen LogP contribution in [0.15, 0.2) is 52.4 Å². The highest BCUT2D eigenvalue weighted by Gasteiger charge is 2.43. The lowest BCUT2D eigenvalue weighted by molar-refractivity contribution is -0.118. The molecule has 0 bridgehead atoms. The van der Waals surface area contributed by atoms with Crippen molar-refractivity contribution in [3.63, 3.8) is 0 Å². The van der Waals surface area contributed by atoms with Gasteiger partial charge in [0.15, 0.2) is 5.17 Å². The van der Waals surface area contributed by atoms with Crippen LogP contribution in [0.2, 0.25) is 5.02 Å². The minimum Gasteiger partial charge on any atom is -0.355 e. The van der Waals surface area contributed by atoms with Crippen LogP contribution in [0, 0.1) is 18.3 Å². The molecule has 1 amide bonds. The number of amidine groups is 2. The van der Waals surface area contributed by atoms with Gasteiger partial charge in [-0.3, -0.25) is 20.5 Å². The molecule has 2 aromatic rings. The van der Waals surface area contributed by atoms with Crippen LogP contribution in [0.5, 0.6) is 0 Å². The second kappa shape index (κ2) is 10.9. The number of nitrogens with zero attached hydrogens (tertiary/aromatic N) is 2. The molecule has 1 saturated heterocycles. The van der Waals surface area contributed by atoms with Crippen LogP contribution < -0.4 is 26.2 Å². The Morgan fingerprint density at radius 2 is 1.97 bits per heavy atom. The highest BCUT2D eigenvalue weighted by Crippen LogP contribution is 2.33. The van der Waals surface area contributed by atoms with E-state index < -0.39 is 10.0 Å². The number of fused-ring (bicyclic) bond motifs is 1. The van der Waals surface area contributed by atoms with Crippen LogP contribution in [0.25, 0.3) is 0 Å². The average molecular weight is 550 g/mol. The van der Waals surface area contributed by atoms with Gasteiger partial charge in [-0.05, 0) is 55.7 Å². The third kappa shape index (κ3) is 5.90. The molecule has 1 fully saturated rings. The highest BCUT2D eigenvalue weighted by molar-refractivity contribution is 8.14. The van der Waals surface area contributed by atoms with E-state index >= 15 is 0 Å². The van der Waals surface area contributed by atoms with Gasteiger partial charge in [0.1, 0.15) is 12.0 Å². The van der Waals surface area contributed by atoms with Gasteiger partial charge in [-0.25, -0.2) is 24.0 Å². The standard InChI is InChI=1S/C23H28ClN7O3S2/c1-13-3-6-16(11-18(13)24)31-21(25)20-14(2)29-30-22(20)28-23(31)35-12-19(32)27-10-9-15-4-7-17(8-5-15)36(26,33)34/h3-8,11,14,20,22,25,29-30H,9-10,12H2,1-2H3,(H,27,32)(H2,26,33,34). The Bertz CT molecular complexity index is 1300. The van der Waals surface area contributed by atoms with Gasteiger partial charge in [0.05, 0.1) is 22.3 Å². The maximum atomic E-state index is 12.6. The fourth-order valence-corrected chi connectivity index (χ4v) is 5.62. The molecule has 3 atom stereocenters. The van der Waals surface area contributed by atoms with Gasteiger partial charge in [-0.1, -0.05) is 41.6 Å². The fourth-order valence-electron chi connectivity index (χ4n) is 4.04. The predicted octanol–water partition coefficient (Wildman–Crippen LogP) is 1.98. The Morgan fingerprint density at radius 1 is 1.25 bits per heavy atom. The van der Waals surface area contributed by atoms with Gasteiger partial charge in [0.2, 0.25) is 15.9 Å². The van der Waals surface area contributed by atoms with Gasteiger partial charge in [-0.2, -0.15) is 0 Å². The Kier molecular flexibility index (Phi) is 8.03. The first kappa shape index (κ1) is 26.6. The molecular weight excluding hydrogens is 522 g/mol. The molecule has 0 aliphatic carbocycles. The summed E-state index contributed by atoms with van der Waals surface area (Å²) in [5.41, 5.74) is 8.81. The van der Waals surface area contributed by atoms with Gasteiger partial charge >= 0.3 is 0 Å². The summed E-state index contributed by atoms with van der Waals surface area (Å²) in [7, 11) is -3.73. The number of carbonyl (C=O) groups is 1. The number of benzene rings is 2. The van der Waals surface area contributed by atoms with Crippen molar-refractivity contribution in [3.05, 3.63) is 58.6 Å². The van der Waals surface area contributed by atoms with Crippen molar-refractivity contribution >= 4 is 56.0 Å². The van der Waals surface area contributed by atoms with Gasteiger partial charge < -0.3 is 5.32 Å². The number of carbonyl (C=O) groups excluding carboxylic acids is 1. The highest BCUT2D eigenvalue weighted by atomic mass is 35.5. The zero-order valence-electron chi connectivity index (χ0n) is 19.8. The Morgan fingerprint density at radius 3 is 2.64 bits per heavy atom. The van der Waals surface area contributed by atoms with Crippen molar-refractivity contribution in [2.45, 2.75) is 37.4 Å². The molecule has 10 nitrogen and oxygen atoms in total. The number of nitrogens with one attached hydrogen (secondary N) is 4. The fraction of sp³-hybridized carbons (Fsp3) is 0.348. The Labute approximate surface area is 219 Å². The summed E-state index contributed by atoms with van der Waals surface area (Å²) in [5.74, 6) is 0.160. The summed E-state index contributed by atoms with van der Waals surface area (Å²) < 4.78 is 22.7.